The molecule has 1 amide bonds. The van der Waals surface area contributed by atoms with Gasteiger partial charge in [0.1, 0.15) is 0 Å². The monoisotopic (exact) mass is 431 g/mol. The summed E-state index contributed by atoms with van der Waals surface area (Å²) in [5.74, 6) is 0.980. The molecular weight excluding hydrogens is 406 g/mol. The van der Waals surface area contributed by atoms with Crippen molar-refractivity contribution >= 4 is 22.6 Å². The molecule has 0 radical (unpaired) electrons. The van der Waals surface area contributed by atoms with Gasteiger partial charge in [-0.2, -0.15) is 0 Å². The van der Waals surface area contributed by atoms with Crippen LogP contribution in [0.1, 0.15) is 28.9 Å². The topological polar surface area (TPSA) is 74.6 Å². The Labute approximate surface area is 186 Å². The molecule has 4 aromatic rings. The van der Waals surface area contributed by atoms with Crippen LogP contribution in [0, 0.1) is 0 Å². The first-order chi connectivity index (χ1) is 15.5. The summed E-state index contributed by atoms with van der Waals surface area (Å²) in [6, 6.07) is 19.3. The molecule has 1 N–H and O–H groups in total. The lowest BCUT2D eigenvalue weighted by Crippen LogP contribution is -2.12. The van der Waals surface area contributed by atoms with Crippen LogP contribution in [0.2, 0.25) is 0 Å². The third-order valence-corrected chi connectivity index (χ3v) is 5.46. The highest BCUT2D eigenvalue weighted by molar-refractivity contribution is 6.05. The fourth-order valence-corrected chi connectivity index (χ4v) is 3.73. The molecule has 164 valence electrons. The predicted molar refractivity (Wildman–Crippen MR) is 124 cm³/mol. The molecule has 0 bridgehead atoms. The number of aromatic nitrogens is 2. The summed E-state index contributed by atoms with van der Waals surface area (Å²) in [6.45, 7) is 2.14. The fraction of sp³-hybridized carbons (Fsp3) is 0.200. The first kappa shape index (κ1) is 21.2. The quantitative estimate of drug-likeness (QED) is 0.449. The minimum atomic E-state index is -0.291. The maximum atomic E-state index is 12.9. The van der Waals surface area contributed by atoms with E-state index in [0.29, 0.717) is 28.5 Å². The first-order valence-electron chi connectivity index (χ1n) is 10.2. The number of benzene rings is 3. The van der Waals surface area contributed by atoms with Crippen LogP contribution in [0.5, 0.6) is 17.2 Å². The number of amides is 1. The number of carbonyl (C=O) groups is 1. The molecule has 0 spiro atoms. The summed E-state index contributed by atoms with van der Waals surface area (Å²) >= 11 is 0. The molecule has 7 nitrogen and oxygen atoms in total. The van der Waals surface area contributed by atoms with Crippen molar-refractivity contribution in [1.82, 2.24) is 9.55 Å². The lowest BCUT2D eigenvalue weighted by atomic mass is 10.1. The number of rotatable bonds is 7. The highest BCUT2D eigenvalue weighted by atomic mass is 16.5. The van der Waals surface area contributed by atoms with Crippen molar-refractivity contribution < 1.29 is 19.0 Å². The number of imidazole rings is 1. The molecule has 0 aliphatic carbocycles. The Bertz CT molecular complexity index is 1230. The molecule has 32 heavy (non-hydrogen) atoms. The van der Waals surface area contributed by atoms with Crippen LogP contribution in [0.4, 0.5) is 5.69 Å². The Kier molecular flexibility index (Phi) is 5.98. The van der Waals surface area contributed by atoms with Gasteiger partial charge in [-0.15, -0.1) is 0 Å². The SMILES string of the molecule is COc1cc(C(=O)Nc2ccc3c(c2)ncn3C(C)c2ccccc2)cc(OC)c1OC. The van der Waals surface area contributed by atoms with Crippen molar-refractivity contribution in [2.75, 3.05) is 26.6 Å². The van der Waals surface area contributed by atoms with Gasteiger partial charge in [-0.25, -0.2) is 4.98 Å². The Balaban J connectivity index is 1.60. The van der Waals surface area contributed by atoms with Crippen LogP contribution < -0.4 is 19.5 Å². The van der Waals surface area contributed by atoms with E-state index in [1.165, 1.54) is 26.9 Å². The molecule has 3 aromatic carbocycles. The van der Waals surface area contributed by atoms with E-state index in [1.807, 2.05) is 42.7 Å². The number of anilines is 1. The number of nitrogens with one attached hydrogen (secondary N) is 1. The molecule has 0 fully saturated rings. The second-order valence-electron chi connectivity index (χ2n) is 7.31. The Hall–Kier alpha value is -4.00. The molecular formula is C25H25N3O4. The van der Waals surface area contributed by atoms with Crippen LogP contribution in [0.3, 0.4) is 0 Å². The molecule has 7 heteroatoms. The lowest BCUT2D eigenvalue weighted by molar-refractivity contribution is 0.102. The zero-order chi connectivity index (χ0) is 22.7. The van der Waals surface area contributed by atoms with Crippen molar-refractivity contribution in [1.29, 1.82) is 0 Å². The molecule has 0 saturated heterocycles. The summed E-state index contributed by atoms with van der Waals surface area (Å²) in [5, 5.41) is 2.92. The lowest BCUT2D eigenvalue weighted by Gasteiger charge is -2.15. The van der Waals surface area contributed by atoms with Gasteiger partial charge in [0.2, 0.25) is 5.75 Å². The van der Waals surface area contributed by atoms with E-state index in [9.17, 15) is 4.79 Å². The van der Waals surface area contributed by atoms with Gasteiger partial charge in [-0.3, -0.25) is 4.79 Å². The van der Waals surface area contributed by atoms with Crippen LogP contribution in [-0.4, -0.2) is 36.8 Å². The average Bonchev–Trinajstić information content (AvgIpc) is 3.26. The zero-order valence-corrected chi connectivity index (χ0v) is 18.5. The number of hydrogen-bond acceptors (Lipinski definition) is 5. The van der Waals surface area contributed by atoms with Gasteiger partial charge >= 0.3 is 0 Å². The normalized spacial score (nSPS) is 11.8. The molecule has 1 atom stereocenters. The number of nitrogens with zero attached hydrogens (tertiary/aromatic N) is 2. The standard InChI is InChI=1S/C25H25N3O4/c1-16(17-8-6-5-7-9-17)28-15-26-20-14-19(10-11-21(20)28)27-25(29)18-12-22(30-2)24(32-4)23(13-18)31-3/h5-16H,1-4H3,(H,27,29). The number of ether oxygens (including phenoxy) is 3. The van der Waals surface area contributed by atoms with Crippen LogP contribution >= 0.6 is 0 Å². The van der Waals surface area contributed by atoms with Crippen LogP contribution in [-0.2, 0) is 0 Å². The van der Waals surface area contributed by atoms with Gasteiger partial charge < -0.3 is 24.1 Å². The Morgan fingerprint density at radius 2 is 1.62 bits per heavy atom. The molecule has 4 rings (SSSR count). The largest absolute Gasteiger partial charge is 0.493 e. The molecule has 0 aliphatic rings. The molecule has 0 saturated carbocycles. The third kappa shape index (κ3) is 3.97. The first-order valence-corrected chi connectivity index (χ1v) is 10.2. The fourth-order valence-electron chi connectivity index (χ4n) is 3.73. The molecule has 1 aromatic heterocycles. The van der Waals surface area contributed by atoms with Gasteiger partial charge in [-0.05, 0) is 42.8 Å². The van der Waals surface area contributed by atoms with Gasteiger partial charge in [0.15, 0.2) is 11.5 Å². The smallest absolute Gasteiger partial charge is 0.255 e. The number of carbonyl (C=O) groups excluding carboxylic acids is 1. The predicted octanol–water partition coefficient (Wildman–Crippen LogP) is 4.92. The van der Waals surface area contributed by atoms with Crippen molar-refractivity contribution in [3.05, 3.63) is 78.1 Å². The maximum absolute atomic E-state index is 12.9. The summed E-state index contributed by atoms with van der Waals surface area (Å²) in [5.41, 5.74) is 4.03. The van der Waals surface area contributed by atoms with Gasteiger partial charge in [-0.1, -0.05) is 30.3 Å². The van der Waals surface area contributed by atoms with E-state index in [2.05, 4.69) is 33.9 Å². The van der Waals surface area contributed by atoms with Crippen molar-refractivity contribution in [3.63, 3.8) is 0 Å². The highest BCUT2D eigenvalue weighted by Gasteiger charge is 2.18. The van der Waals surface area contributed by atoms with Crippen molar-refractivity contribution in [2.24, 2.45) is 0 Å². The maximum Gasteiger partial charge on any atom is 0.255 e. The van der Waals surface area contributed by atoms with E-state index in [-0.39, 0.29) is 11.9 Å². The summed E-state index contributed by atoms with van der Waals surface area (Å²) < 4.78 is 18.1. The summed E-state index contributed by atoms with van der Waals surface area (Å²) in [7, 11) is 4.55. The van der Waals surface area contributed by atoms with Gasteiger partial charge in [0.25, 0.3) is 5.91 Å². The van der Waals surface area contributed by atoms with Crippen LogP contribution in [0.25, 0.3) is 11.0 Å². The average molecular weight is 431 g/mol. The van der Waals surface area contributed by atoms with Crippen molar-refractivity contribution in [3.8, 4) is 17.2 Å². The molecule has 0 aliphatic heterocycles. The van der Waals surface area contributed by atoms with E-state index in [1.54, 1.807) is 12.1 Å². The highest BCUT2D eigenvalue weighted by Crippen LogP contribution is 2.38. The third-order valence-electron chi connectivity index (χ3n) is 5.46. The summed E-state index contributed by atoms with van der Waals surface area (Å²) in [4.78, 5) is 17.4. The van der Waals surface area contributed by atoms with Gasteiger partial charge in [0, 0.05) is 11.3 Å². The van der Waals surface area contributed by atoms with Crippen LogP contribution in [0.15, 0.2) is 67.0 Å². The molecule has 1 unspecified atom stereocenters. The zero-order valence-electron chi connectivity index (χ0n) is 18.5. The van der Waals surface area contributed by atoms with E-state index in [0.717, 1.165) is 11.0 Å². The second-order valence-corrected chi connectivity index (χ2v) is 7.31. The number of fused-ring (bicyclic) bond motifs is 1. The van der Waals surface area contributed by atoms with E-state index < -0.39 is 0 Å². The second kappa shape index (κ2) is 9.01. The minimum Gasteiger partial charge on any atom is -0.493 e. The van der Waals surface area contributed by atoms with E-state index in [4.69, 9.17) is 14.2 Å². The Morgan fingerprint density at radius 3 is 2.25 bits per heavy atom. The summed E-state index contributed by atoms with van der Waals surface area (Å²) in [6.07, 6.45) is 1.83. The molecule has 1 heterocycles. The Morgan fingerprint density at radius 1 is 0.938 bits per heavy atom. The van der Waals surface area contributed by atoms with E-state index >= 15 is 0 Å². The number of hydrogen-bond donors (Lipinski definition) is 1. The minimum absolute atomic E-state index is 0.140. The number of methoxy groups -OCH3 is 3. The van der Waals surface area contributed by atoms with Gasteiger partial charge in [0.05, 0.1) is 44.7 Å². The van der Waals surface area contributed by atoms with Crippen molar-refractivity contribution in [2.45, 2.75) is 13.0 Å².